The molecule has 0 aliphatic rings. The van der Waals surface area contributed by atoms with Crippen LogP contribution in [0.15, 0.2) is 12.3 Å². The fraction of sp³-hybridized carbons (Fsp3) is 0.688. The molecule has 0 saturated carbocycles. The summed E-state index contributed by atoms with van der Waals surface area (Å²) in [4.78, 5) is 6.16. The van der Waals surface area contributed by atoms with Crippen molar-refractivity contribution >= 4 is 5.82 Å². The zero-order chi connectivity index (χ0) is 15.8. The molecule has 0 spiro atoms. The molecule has 1 rings (SSSR count). The molecule has 1 aromatic heterocycles. The van der Waals surface area contributed by atoms with E-state index in [2.05, 4.69) is 24.1 Å². The van der Waals surface area contributed by atoms with Crippen LogP contribution in [-0.2, 0) is 11.3 Å². The lowest BCUT2D eigenvalue weighted by Gasteiger charge is -2.28. The van der Waals surface area contributed by atoms with Gasteiger partial charge in [-0.2, -0.15) is 0 Å². The van der Waals surface area contributed by atoms with Gasteiger partial charge in [0.1, 0.15) is 0 Å². The van der Waals surface area contributed by atoms with Gasteiger partial charge in [-0.3, -0.25) is 0 Å². The molecule has 1 N–H and O–H groups in total. The topological polar surface area (TPSA) is 37.4 Å². The summed E-state index contributed by atoms with van der Waals surface area (Å²) in [5.41, 5.74) is 0.656. The van der Waals surface area contributed by atoms with Crippen LogP contribution >= 0.6 is 0 Å². The number of pyridine rings is 1. The Labute approximate surface area is 127 Å². The Balaban J connectivity index is 2.86. The van der Waals surface area contributed by atoms with E-state index >= 15 is 0 Å². The Hall–Kier alpha value is -1.20. The second-order valence-electron chi connectivity index (χ2n) is 5.91. The lowest BCUT2D eigenvalue weighted by molar-refractivity contribution is 0.203. The highest BCUT2D eigenvalue weighted by Gasteiger charge is 2.18. The molecular weight excluding hydrogens is 269 g/mol. The number of halogens is 1. The van der Waals surface area contributed by atoms with Crippen LogP contribution in [0.25, 0.3) is 0 Å². The first-order chi connectivity index (χ1) is 9.97. The summed E-state index contributed by atoms with van der Waals surface area (Å²) < 4.78 is 19.8. The number of methoxy groups -OCH3 is 1. The first-order valence-electron chi connectivity index (χ1n) is 7.57. The monoisotopic (exact) mass is 297 g/mol. The highest BCUT2D eigenvalue weighted by atomic mass is 19.1. The number of ether oxygens (including phenoxy) is 1. The second kappa shape index (κ2) is 8.95. The number of hydrogen-bond donors (Lipinski definition) is 1. The van der Waals surface area contributed by atoms with E-state index in [-0.39, 0.29) is 11.9 Å². The smallest absolute Gasteiger partial charge is 0.170 e. The molecular formula is C16H28FN3O. The van der Waals surface area contributed by atoms with E-state index in [1.165, 1.54) is 0 Å². The molecule has 0 fully saturated rings. The van der Waals surface area contributed by atoms with E-state index in [0.29, 0.717) is 37.0 Å². The molecule has 5 heteroatoms. The number of nitrogens with one attached hydrogen (secondary N) is 1. The maximum atomic E-state index is 14.6. The van der Waals surface area contributed by atoms with Crippen molar-refractivity contribution in [2.24, 2.45) is 5.92 Å². The van der Waals surface area contributed by atoms with Gasteiger partial charge in [-0.1, -0.05) is 13.8 Å². The van der Waals surface area contributed by atoms with Gasteiger partial charge in [-0.15, -0.1) is 0 Å². The van der Waals surface area contributed by atoms with Gasteiger partial charge in [0.25, 0.3) is 0 Å². The molecule has 0 aromatic carbocycles. The summed E-state index contributed by atoms with van der Waals surface area (Å²) in [6.07, 6.45) is 1.67. The van der Waals surface area contributed by atoms with Crippen molar-refractivity contribution in [3.8, 4) is 0 Å². The molecule has 0 bridgehead atoms. The molecule has 4 nitrogen and oxygen atoms in total. The maximum absolute atomic E-state index is 14.6. The Kier molecular flexibility index (Phi) is 7.61. The van der Waals surface area contributed by atoms with E-state index in [1.54, 1.807) is 19.4 Å². The molecule has 0 aliphatic heterocycles. The summed E-state index contributed by atoms with van der Waals surface area (Å²) in [6, 6.07) is 1.90. The summed E-state index contributed by atoms with van der Waals surface area (Å²) in [7, 11) is 1.65. The lowest BCUT2D eigenvalue weighted by atomic mass is 10.2. The van der Waals surface area contributed by atoms with Crippen LogP contribution in [0.2, 0.25) is 0 Å². The largest absolute Gasteiger partial charge is 0.383 e. The van der Waals surface area contributed by atoms with Crippen LogP contribution in [-0.4, -0.2) is 37.8 Å². The first-order valence-corrected chi connectivity index (χ1v) is 7.57. The zero-order valence-electron chi connectivity index (χ0n) is 13.8. The molecule has 1 aromatic rings. The van der Waals surface area contributed by atoms with Crippen molar-refractivity contribution in [2.45, 2.75) is 40.3 Å². The van der Waals surface area contributed by atoms with Gasteiger partial charge in [0, 0.05) is 38.0 Å². The van der Waals surface area contributed by atoms with E-state index in [9.17, 15) is 4.39 Å². The van der Waals surface area contributed by atoms with Crippen LogP contribution in [0.4, 0.5) is 10.2 Å². The van der Waals surface area contributed by atoms with Gasteiger partial charge in [0.15, 0.2) is 11.6 Å². The predicted molar refractivity (Wildman–Crippen MR) is 85.1 cm³/mol. The van der Waals surface area contributed by atoms with Crippen LogP contribution < -0.4 is 10.2 Å². The van der Waals surface area contributed by atoms with Crippen molar-refractivity contribution in [2.75, 3.05) is 31.7 Å². The third kappa shape index (κ3) is 5.59. The van der Waals surface area contributed by atoms with Crippen LogP contribution in [0, 0.1) is 11.7 Å². The predicted octanol–water partition coefficient (Wildman–Crippen LogP) is 2.83. The van der Waals surface area contributed by atoms with Crippen molar-refractivity contribution in [1.82, 2.24) is 10.3 Å². The van der Waals surface area contributed by atoms with E-state index < -0.39 is 0 Å². The van der Waals surface area contributed by atoms with Crippen molar-refractivity contribution < 1.29 is 9.13 Å². The summed E-state index contributed by atoms with van der Waals surface area (Å²) in [6.45, 7) is 10.9. The number of aromatic nitrogens is 1. The summed E-state index contributed by atoms with van der Waals surface area (Å²) in [5, 5.41) is 3.27. The average molecular weight is 297 g/mol. The standard InChI is InChI=1S/C16H28FN3O/c1-12(2)10-18-11-14-6-7-19-16(15(14)17)20(13(3)4)8-9-21-5/h6-7,12-13,18H,8-11H2,1-5H3. The summed E-state index contributed by atoms with van der Waals surface area (Å²) in [5.74, 6) is 0.715. The quantitative estimate of drug-likeness (QED) is 0.760. The van der Waals surface area contributed by atoms with Gasteiger partial charge in [0.05, 0.1) is 6.61 Å². The minimum absolute atomic E-state index is 0.168. The van der Waals surface area contributed by atoms with Crippen molar-refractivity contribution in [3.05, 3.63) is 23.6 Å². The highest BCUT2D eigenvalue weighted by Crippen LogP contribution is 2.21. The Morgan fingerprint density at radius 1 is 1.33 bits per heavy atom. The van der Waals surface area contributed by atoms with E-state index in [0.717, 1.165) is 6.54 Å². The fourth-order valence-corrected chi connectivity index (χ4v) is 2.10. The molecule has 0 amide bonds. The van der Waals surface area contributed by atoms with E-state index in [4.69, 9.17) is 4.74 Å². The number of rotatable bonds is 9. The fourth-order valence-electron chi connectivity index (χ4n) is 2.10. The molecule has 120 valence electrons. The molecule has 1 heterocycles. The Morgan fingerprint density at radius 2 is 2.05 bits per heavy atom. The van der Waals surface area contributed by atoms with Crippen LogP contribution in [0.1, 0.15) is 33.3 Å². The molecule has 0 atom stereocenters. The maximum Gasteiger partial charge on any atom is 0.170 e. The number of anilines is 1. The first kappa shape index (κ1) is 17.9. The van der Waals surface area contributed by atoms with Gasteiger partial charge in [-0.25, -0.2) is 9.37 Å². The van der Waals surface area contributed by atoms with Gasteiger partial charge < -0.3 is 15.0 Å². The number of hydrogen-bond acceptors (Lipinski definition) is 4. The zero-order valence-corrected chi connectivity index (χ0v) is 13.8. The minimum Gasteiger partial charge on any atom is -0.383 e. The average Bonchev–Trinajstić information content (AvgIpc) is 2.42. The Morgan fingerprint density at radius 3 is 2.62 bits per heavy atom. The lowest BCUT2D eigenvalue weighted by Crippen LogP contribution is -2.35. The second-order valence-corrected chi connectivity index (χ2v) is 5.91. The van der Waals surface area contributed by atoms with Gasteiger partial charge >= 0.3 is 0 Å². The van der Waals surface area contributed by atoms with Crippen LogP contribution in [0.3, 0.4) is 0 Å². The SMILES string of the molecule is COCCN(c1nccc(CNCC(C)C)c1F)C(C)C. The Bertz CT molecular complexity index is 424. The van der Waals surface area contributed by atoms with Crippen molar-refractivity contribution in [1.29, 1.82) is 0 Å². The highest BCUT2D eigenvalue weighted by molar-refractivity contribution is 5.44. The van der Waals surface area contributed by atoms with Gasteiger partial charge in [0.2, 0.25) is 0 Å². The van der Waals surface area contributed by atoms with Gasteiger partial charge in [-0.05, 0) is 32.4 Å². The number of nitrogens with zero attached hydrogens (tertiary/aromatic N) is 2. The molecule has 0 saturated heterocycles. The third-order valence-corrected chi connectivity index (χ3v) is 3.25. The molecule has 21 heavy (non-hydrogen) atoms. The molecule has 0 aliphatic carbocycles. The van der Waals surface area contributed by atoms with Crippen LogP contribution in [0.5, 0.6) is 0 Å². The van der Waals surface area contributed by atoms with Crippen molar-refractivity contribution in [3.63, 3.8) is 0 Å². The minimum atomic E-state index is -0.237. The molecule has 0 radical (unpaired) electrons. The molecule has 0 unspecified atom stereocenters. The van der Waals surface area contributed by atoms with E-state index in [1.807, 2.05) is 18.7 Å². The normalized spacial score (nSPS) is 11.4. The third-order valence-electron chi connectivity index (χ3n) is 3.25. The summed E-state index contributed by atoms with van der Waals surface area (Å²) >= 11 is 0.